The zero-order valence-corrected chi connectivity index (χ0v) is 22.9. The fraction of sp³-hybridized carbons (Fsp3) is 0.438. The number of fused-ring (bicyclic) bond motifs is 1. The second-order valence-electron chi connectivity index (χ2n) is 11.2. The molecule has 2 aromatic carbocycles. The van der Waals surface area contributed by atoms with Gasteiger partial charge in [0.15, 0.2) is 0 Å². The van der Waals surface area contributed by atoms with Crippen LogP contribution in [0.4, 0.5) is 0 Å². The van der Waals surface area contributed by atoms with Gasteiger partial charge in [0, 0.05) is 18.0 Å². The Balaban J connectivity index is 1.34. The molecule has 1 saturated carbocycles. The highest BCUT2D eigenvalue weighted by atomic mass is 16.5. The molecule has 2 aromatic heterocycles. The predicted molar refractivity (Wildman–Crippen MR) is 152 cm³/mol. The maximum Gasteiger partial charge on any atom is 0.259 e. The lowest BCUT2D eigenvalue weighted by Gasteiger charge is -2.37. The number of aromatic nitrogens is 4. The van der Waals surface area contributed by atoms with Crippen LogP contribution >= 0.6 is 0 Å². The number of aliphatic hydroxyl groups excluding tert-OH is 1. The van der Waals surface area contributed by atoms with Gasteiger partial charge in [-0.25, -0.2) is 4.52 Å². The van der Waals surface area contributed by atoms with Crippen molar-refractivity contribution in [3.63, 3.8) is 0 Å². The van der Waals surface area contributed by atoms with Crippen molar-refractivity contribution in [3.8, 4) is 17.2 Å². The van der Waals surface area contributed by atoms with Gasteiger partial charge in [-0.3, -0.25) is 9.36 Å². The van der Waals surface area contributed by atoms with E-state index in [1.165, 1.54) is 0 Å². The minimum atomic E-state index is -0.172. The molecule has 1 saturated heterocycles. The van der Waals surface area contributed by atoms with E-state index in [2.05, 4.69) is 23.1 Å². The Morgan fingerprint density at radius 2 is 1.85 bits per heavy atom. The second-order valence-corrected chi connectivity index (χ2v) is 11.2. The Kier molecular flexibility index (Phi) is 7.26. The maximum absolute atomic E-state index is 14.2. The van der Waals surface area contributed by atoms with Gasteiger partial charge in [-0.2, -0.15) is 15.3 Å². The van der Waals surface area contributed by atoms with E-state index in [-0.39, 0.29) is 29.9 Å². The molecule has 8 heteroatoms. The van der Waals surface area contributed by atoms with E-state index in [0.717, 1.165) is 79.3 Å². The van der Waals surface area contributed by atoms with Gasteiger partial charge < -0.3 is 9.84 Å². The van der Waals surface area contributed by atoms with Crippen LogP contribution in [0.5, 0.6) is 0 Å². The number of ether oxygens (including phenoxy) is 1. The zero-order valence-electron chi connectivity index (χ0n) is 22.9. The third kappa shape index (κ3) is 4.74. The van der Waals surface area contributed by atoms with Crippen molar-refractivity contribution in [2.75, 3.05) is 6.61 Å². The van der Waals surface area contributed by atoms with Crippen LogP contribution in [0.3, 0.4) is 0 Å². The highest BCUT2D eigenvalue weighted by Crippen LogP contribution is 2.45. The van der Waals surface area contributed by atoms with E-state index in [4.69, 9.17) is 4.74 Å². The first-order chi connectivity index (χ1) is 19.6. The van der Waals surface area contributed by atoms with E-state index < -0.39 is 0 Å². The van der Waals surface area contributed by atoms with Crippen molar-refractivity contribution in [2.45, 2.75) is 82.5 Å². The first-order valence-corrected chi connectivity index (χ1v) is 14.4. The van der Waals surface area contributed by atoms with Crippen molar-refractivity contribution in [1.82, 2.24) is 19.2 Å². The summed E-state index contributed by atoms with van der Waals surface area (Å²) in [6, 6.07) is 18.0. The van der Waals surface area contributed by atoms with Crippen molar-refractivity contribution in [2.24, 2.45) is 0 Å². The van der Waals surface area contributed by atoms with Crippen LogP contribution in [0, 0.1) is 11.3 Å². The van der Waals surface area contributed by atoms with E-state index in [1.54, 1.807) is 6.33 Å². The van der Waals surface area contributed by atoms with Gasteiger partial charge in [0.25, 0.3) is 5.56 Å². The fourth-order valence-corrected chi connectivity index (χ4v) is 6.70. The minimum absolute atomic E-state index is 0.0179. The van der Waals surface area contributed by atoms with Crippen molar-refractivity contribution in [1.29, 1.82) is 5.26 Å². The quantitative estimate of drug-likeness (QED) is 0.356. The highest BCUT2D eigenvalue weighted by molar-refractivity contribution is 5.70. The largest absolute Gasteiger partial charge is 0.394 e. The molecule has 1 spiro atoms. The van der Waals surface area contributed by atoms with Gasteiger partial charge in [-0.15, -0.1) is 0 Å². The molecule has 206 valence electrons. The summed E-state index contributed by atoms with van der Waals surface area (Å²) in [5, 5.41) is 23.6. The van der Waals surface area contributed by atoms with Gasteiger partial charge in [0.2, 0.25) is 5.78 Å². The summed E-state index contributed by atoms with van der Waals surface area (Å²) in [7, 11) is 0. The van der Waals surface area contributed by atoms with Gasteiger partial charge in [0.1, 0.15) is 6.33 Å². The fourth-order valence-electron chi connectivity index (χ4n) is 6.70. The molecular weight excluding hydrogens is 502 g/mol. The lowest BCUT2D eigenvalue weighted by atomic mass is 9.80. The summed E-state index contributed by atoms with van der Waals surface area (Å²) in [5.41, 5.74) is 5.10. The van der Waals surface area contributed by atoms with E-state index in [9.17, 15) is 15.2 Å². The number of benzene rings is 2. The molecule has 40 heavy (non-hydrogen) atoms. The monoisotopic (exact) mass is 537 g/mol. The van der Waals surface area contributed by atoms with Gasteiger partial charge in [-0.05, 0) is 67.7 Å². The number of aliphatic hydroxyl groups is 1. The Morgan fingerprint density at radius 3 is 2.55 bits per heavy atom. The average molecular weight is 538 g/mol. The molecular formula is C32H35N5O3. The van der Waals surface area contributed by atoms with Crippen LogP contribution in [0.15, 0.2) is 59.7 Å². The zero-order chi connectivity index (χ0) is 27.7. The Labute approximate surface area is 233 Å². The van der Waals surface area contributed by atoms with Gasteiger partial charge in [0.05, 0.1) is 35.6 Å². The normalized spacial score (nSPS) is 22.6. The molecule has 2 aliphatic rings. The SMILES string of the molecule is CCCc1c(Cc2ccc(-c3ccccc3C#N)cc2)c(=O)n([C@H]2CC[C@@]3(CCC(CO)O3)CC2)c2ncnn12. The smallest absolute Gasteiger partial charge is 0.259 e. The third-order valence-corrected chi connectivity index (χ3v) is 8.78. The molecule has 0 radical (unpaired) electrons. The van der Waals surface area contributed by atoms with Crippen molar-refractivity contribution >= 4 is 5.78 Å². The maximum atomic E-state index is 14.2. The molecule has 1 atom stereocenters. The van der Waals surface area contributed by atoms with E-state index in [0.29, 0.717) is 17.8 Å². The molecule has 6 rings (SSSR count). The number of nitrogens with zero attached hydrogens (tertiary/aromatic N) is 5. The van der Waals surface area contributed by atoms with Crippen LogP contribution in [0.2, 0.25) is 0 Å². The molecule has 0 amide bonds. The van der Waals surface area contributed by atoms with Crippen LogP contribution in [0.1, 0.15) is 80.3 Å². The topological polar surface area (TPSA) is 105 Å². The molecule has 3 heterocycles. The molecule has 1 N–H and O–H groups in total. The van der Waals surface area contributed by atoms with Gasteiger partial charge >= 0.3 is 0 Å². The summed E-state index contributed by atoms with van der Waals surface area (Å²) in [6.07, 6.45) is 8.89. The first kappa shape index (κ1) is 26.4. The standard InChI is InChI=1S/C32H35N5O3/c1-2-5-29-28(18-22-8-10-23(11-9-22)27-7-4-3-6-24(27)19-33)30(39)36(31-34-21-35-37(29)31)25-12-15-32(16-13-25)17-14-26(20-38)40-32/h3-4,6-11,21,25-26,38H,2,5,12-18,20H2,1H3/t25-,26?,32-. The Hall–Kier alpha value is -3.80. The minimum Gasteiger partial charge on any atom is -0.394 e. The molecule has 2 fully saturated rings. The van der Waals surface area contributed by atoms with Crippen LogP contribution < -0.4 is 5.56 Å². The molecule has 0 bridgehead atoms. The molecule has 8 nitrogen and oxygen atoms in total. The van der Waals surface area contributed by atoms with E-state index >= 15 is 0 Å². The molecule has 1 aliphatic carbocycles. The van der Waals surface area contributed by atoms with E-state index in [1.807, 2.05) is 57.6 Å². The first-order valence-electron chi connectivity index (χ1n) is 14.4. The predicted octanol–water partition coefficient (Wildman–Crippen LogP) is 5.00. The summed E-state index contributed by atoms with van der Waals surface area (Å²) in [4.78, 5) is 18.8. The van der Waals surface area contributed by atoms with Crippen molar-refractivity contribution < 1.29 is 9.84 Å². The van der Waals surface area contributed by atoms with Gasteiger partial charge in [-0.1, -0.05) is 55.8 Å². The van der Waals surface area contributed by atoms with Crippen molar-refractivity contribution in [3.05, 3.63) is 87.6 Å². The number of rotatable bonds is 7. The lowest BCUT2D eigenvalue weighted by molar-refractivity contribution is -0.0833. The summed E-state index contributed by atoms with van der Waals surface area (Å²) < 4.78 is 10.00. The summed E-state index contributed by atoms with van der Waals surface area (Å²) in [5.74, 6) is 0.613. The number of hydrogen-bond donors (Lipinski definition) is 1. The Morgan fingerprint density at radius 1 is 1.10 bits per heavy atom. The molecule has 1 unspecified atom stereocenters. The number of aryl methyl sites for hydroxylation is 1. The van der Waals surface area contributed by atoms with Crippen LogP contribution in [0.25, 0.3) is 16.9 Å². The number of hydrogen-bond acceptors (Lipinski definition) is 6. The molecule has 1 aliphatic heterocycles. The Bertz CT molecular complexity index is 1610. The van der Waals surface area contributed by atoms with Crippen LogP contribution in [-0.2, 0) is 17.6 Å². The summed E-state index contributed by atoms with van der Waals surface area (Å²) in [6.45, 7) is 2.18. The summed E-state index contributed by atoms with van der Waals surface area (Å²) >= 11 is 0. The second kappa shape index (κ2) is 11.0. The average Bonchev–Trinajstić information content (AvgIpc) is 3.64. The highest BCUT2D eigenvalue weighted by Gasteiger charge is 2.43. The molecule has 4 aromatic rings. The third-order valence-electron chi connectivity index (χ3n) is 8.78. The van der Waals surface area contributed by atoms with Crippen LogP contribution in [-0.4, -0.2) is 42.6 Å². The number of nitriles is 1. The lowest BCUT2D eigenvalue weighted by Crippen LogP contribution is -2.39.